The quantitative estimate of drug-likeness (QED) is 0.499. The lowest BCUT2D eigenvalue weighted by Gasteiger charge is -1.93. The summed E-state index contributed by atoms with van der Waals surface area (Å²) in [5.74, 6) is -1.22. The van der Waals surface area contributed by atoms with E-state index in [0.29, 0.717) is 0 Å². The minimum Gasteiger partial charge on any atom is -0.479 e. The Balaban J connectivity index is 3.64. The highest BCUT2D eigenvalue weighted by molar-refractivity contribution is 5.74. The molecule has 0 aromatic heterocycles. The summed E-state index contributed by atoms with van der Waals surface area (Å²) in [7, 11) is 0. The maximum Gasteiger partial charge on any atom is 0.336 e. The molecule has 3 nitrogen and oxygen atoms in total. The van der Waals surface area contributed by atoms with E-state index in [1.807, 2.05) is 0 Å². The van der Waals surface area contributed by atoms with Gasteiger partial charge in [0.25, 0.3) is 0 Å². The Morgan fingerprint density at radius 2 is 2.25 bits per heavy atom. The molecule has 46 valence electrons. The van der Waals surface area contributed by atoms with Crippen molar-refractivity contribution in [2.75, 3.05) is 0 Å². The largest absolute Gasteiger partial charge is 0.479 e. The first-order valence-corrected chi connectivity index (χ1v) is 2.22. The maximum atomic E-state index is 9.79. The van der Waals surface area contributed by atoms with Crippen LogP contribution in [0, 0.1) is 0 Å². The average Bonchev–Trinajstić information content (AvgIpc) is 1.67. The second kappa shape index (κ2) is 3.21. The van der Waals surface area contributed by atoms with Gasteiger partial charge in [-0.05, 0) is 13.0 Å². The summed E-state index contributed by atoms with van der Waals surface area (Å²) in [6, 6.07) is 0. The zero-order valence-corrected chi connectivity index (χ0v) is 4.53. The second-order valence-corrected chi connectivity index (χ2v) is 1.31. The monoisotopic (exact) mass is 116 g/mol. The zero-order valence-electron chi connectivity index (χ0n) is 4.53. The van der Waals surface area contributed by atoms with Crippen LogP contribution >= 0.6 is 0 Å². The molecule has 0 aromatic rings. The molecule has 8 heavy (non-hydrogen) atoms. The van der Waals surface area contributed by atoms with E-state index in [1.165, 1.54) is 12.2 Å². The lowest BCUT2D eigenvalue weighted by molar-refractivity contribution is -0.144. The summed E-state index contributed by atoms with van der Waals surface area (Å²) in [5, 5.41) is 16.5. The first-order valence-electron chi connectivity index (χ1n) is 2.22. The molecule has 0 aliphatic rings. The summed E-state index contributed by atoms with van der Waals surface area (Å²) in [4.78, 5) is 9.79. The van der Waals surface area contributed by atoms with E-state index in [9.17, 15) is 4.79 Å². The van der Waals surface area contributed by atoms with Crippen LogP contribution < -0.4 is 0 Å². The van der Waals surface area contributed by atoms with Gasteiger partial charge in [0.2, 0.25) is 0 Å². The SMILES string of the molecule is CC=C[C@@H](O)C(=O)O. The average molecular weight is 116 g/mol. The molecule has 0 rings (SSSR count). The molecule has 1 atom stereocenters. The van der Waals surface area contributed by atoms with Crippen molar-refractivity contribution >= 4 is 5.97 Å². The van der Waals surface area contributed by atoms with Gasteiger partial charge >= 0.3 is 5.97 Å². The van der Waals surface area contributed by atoms with Crippen LogP contribution in [0.3, 0.4) is 0 Å². The molecule has 0 unspecified atom stereocenters. The molecule has 0 aliphatic heterocycles. The Morgan fingerprint density at radius 1 is 1.75 bits per heavy atom. The summed E-state index contributed by atoms with van der Waals surface area (Å²) in [6.45, 7) is 1.64. The van der Waals surface area contributed by atoms with Gasteiger partial charge in [0.1, 0.15) is 0 Å². The van der Waals surface area contributed by atoms with Crippen LogP contribution in [0.15, 0.2) is 12.2 Å². The van der Waals surface area contributed by atoms with Crippen molar-refractivity contribution in [2.45, 2.75) is 13.0 Å². The van der Waals surface area contributed by atoms with Gasteiger partial charge in [0.15, 0.2) is 6.10 Å². The number of aliphatic hydroxyl groups excluding tert-OH is 1. The van der Waals surface area contributed by atoms with Crippen LogP contribution in [-0.2, 0) is 4.79 Å². The van der Waals surface area contributed by atoms with Gasteiger partial charge in [-0.25, -0.2) is 4.79 Å². The maximum absolute atomic E-state index is 9.79. The molecule has 2 N–H and O–H groups in total. The number of aliphatic hydroxyl groups is 1. The van der Waals surface area contributed by atoms with Gasteiger partial charge in [0, 0.05) is 0 Å². The molecular formula is C5H8O3. The Bertz CT molecular complexity index is 106. The fraction of sp³-hybridized carbons (Fsp3) is 0.400. The topological polar surface area (TPSA) is 57.5 Å². The van der Waals surface area contributed by atoms with E-state index in [4.69, 9.17) is 10.2 Å². The number of allylic oxidation sites excluding steroid dienone is 1. The molecule has 0 amide bonds. The Labute approximate surface area is 47.3 Å². The van der Waals surface area contributed by atoms with Gasteiger partial charge in [-0.1, -0.05) is 6.08 Å². The second-order valence-electron chi connectivity index (χ2n) is 1.31. The fourth-order valence-corrected chi connectivity index (χ4v) is 0.265. The highest BCUT2D eigenvalue weighted by Crippen LogP contribution is 1.83. The molecule has 0 bridgehead atoms. The Hall–Kier alpha value is -0.830. The fourth-order valence-electron chi connectivity index (χ4n) is 0.265. The van der Waals surface area contributed by atoms with E-state index in [1.54, 1.807) is 6.92 Å². The first-order chi connectivity index (χ1) is 3.68. The van der Waals surface area contributed by atoms with Crippen molar-refractivity contribution < 1.29 is 15.0 Å². The van der Waals surface area contributed by atoms with Crippen LogP contribution in [0.5, 0.6) is 0 Å². The summed E-state index contributed by atoms with van der Waals surface area (Å²) < 4.78 is 0. The van der Waals surface area contributed by atoms with Gasteiger partial charge in [-0.3, -0.25) is 0 Å². The molecule has 0 saturated heterocycles. The normalized spacial score (nSPS) is 14.2. The lowest BCUT2D eigenvalue weighted by atomic mass is 10.3. The lowest BCUT2D eigenvalue weighted by Crippen LogP contribution is -2.15. The summed E-state index contributed by atoms with van der Waals surface area (Å²) in [5.41, 5.74) is 0. The summed E-state index contributed by atoms with van der Waals surface area (Å²) in [6.07, 6.45) is 1.33. The number of carboxylic acid groups (broad SMARTS) is 1. The van der Waals surface area contributed by atoms with Crippen LogP contribution in [-0.4, -0.2) is 22.3 Å². The minimum atomic E-state index is -1.35. The Morgan fingerprint density at radius 3 is 2.38 bits per heavy atom. The Kier molecular flexibility index (Phi) is 2.88. The molecule has 0 aliphatic carbocycles. The standard InChI is InChI=1S/C5H8O3/c1-2-3-4(6)5(7)8/h2-4,6H,1H3,(H,7,8)/t4-/m1/s1. The highest BCUT2D eigenvalue weighted by atomic mass is 16.4. The molecule has 3 heteroatoms. The van der Waals surface area contributed by atoms with E-state index >= 15 is 0 Å². The van der Waals surface area contributed by atoms with Crippen molar-refractivity contribution in [1.82, 2.24) is 0 Å². The summed E-state index contributed by atoms with van der Waals surface area (Å²) >= 11 is 0. The van der Waals surface area contributed by atoms with Gasteiger partial charge in [-0.15, -0.1) is 0 Å². The van der Waals surface area contributed by atoms with Crippen LogP contribution in [0.2, 0.25) is 0 Å². The predicted molar refractivity (Wildman–Crippen MR) is 28.5 cm³/mol. The minimum absolute atomic E-state index is 1.20. The molecular weight excluding hydrogens is 108 g/mol. The van der Waals surface area contributed by atoms with Crippen LogP contribution in [0.4, 0.5) is 0 Å². The number of hydrogen-bond acceptors (Lipinski definition) is 2. The van der Waals surface area contributed by atoms with Crippen molar-refractivity contribution in [3.05, 3.63) is 12.2 Å². The number of aliphatic carboxylic acids is 1. The number of hydrogen-bond donors (Lipinski definition) is 2. The number of carboxylic acids is 1. The predicted octanol–water partition coefficient (Wildman–Crippen LogP) is 0.00800. The molecule has 0 fully saturated rings. The molecule has 0 aromatic carbocycles. The van der Waals surface area contributed by atoms with Crippen molar-refractivity contribution in [2.24, 2.45) is 0 Å². The van der Waals surface area contributed by atoms with E-state index in [0.717, 1.165) is 0 Å². The van der Waals surface area contributed by atoms with Gasteiger partial charge < -0.3 is 10.2 Å². The number of rotatable bonds is 2. The van der Waals surface area contributed by atoms with Crippen molar-refractivity contribution in [3.63, 3.8) is 0 Å². The third kappa shape index (κ3) is 2.36. The van der Waals surface area contributed by atoms with Gasteiger partial charge in [-0.2, -0.15) is 0 Å². The molecule has 0 saturated carbocycles. The third-order valence-corrected chi connectivity index (χ3v) is 0.628. The van der Waals surface area contributed by atoms with Crippen LogP contribution in [0.25, 0.3) is 0 Å². The van der Waals surface area contributed by atoms with E-state index in [-0.39, 0.29) is 0 Å². The smallest absolute Gasteiger partial charge is 0.336 e. The molecule has 0 heterocycles. The van der Waals surface area contributed by atoms with Crippen molar-refractivity contribution in [3.8, 4) is 0 Å². The van der Waals surface area contributed by atoms with Crippen LogP contribution in [0.1, 0.15) is 6.92 Å². The molecule has 0 spiro atoms. The van der Waals surface area contributed by atoms with Gasteiger partial charge in [0.05, 0.1) is 0 Å². The van der Waals surface area contributed by atoms with E-state index < -0.39 is 12.1 Å². The van der Waals surface area contributed by atoms with E-state index in [2.05, 4.69) is 0 Å². The third-order valence-electron chi connectivity index (χ3n) is 0.628. The first kappa shape index (κ1) is 7.17. The molecule has 0 radical (unpaired) electrons. The van der Waals surface area contributed by atoms with Crippen molar-refractivity contribution in [1.29, 1.82) is 0 Å². The highest BCUT2D eigenvalue weighted by Gasteiger charge is 2.05. The number of carbonyl (C=O) groups is 1. The zero-order chi connectivity index (χ0) is 6.57.